The molecule has 2 aromatic carbocycles. The number of benzene rings is 2. The number of anilines is 2. The van der Waals surface area contributed by atoms with Gasteiger partial charge in [-0.2, -0.15) is 4.31 Å². The Labute approximate surface area is 175 Å². The van der Waals surface area contributed by atoms with Crippen LogP contribution in [-0.4, -0.2) is 44.2 Å². The second kappa shape index (κ2) is 8.93. The number of halogens is 1. The van der Waals surface area contributed by atoms with Gasteiger partial charge in [0.15, 0.2) is 0 Å². The number of hydrogen-bond acceptors (Lipinski definition) is 4. The minimum absolute atomic E-state index is 0.0532. The predicted molar refractivity (Wildman–Crippen MR) is 112 cm³/mol. The van der Waals surface area contributed by atoms with Gasteiger partial charge in [0.2, 0.25) is 21.8 Å². The molecule has 1 N–H and O–H groups in total. The van der Waals surface area contributed by atoms with E-state index in [1.165, 1.54) is 57.7 Å². The van der Waals surface area contributed by atoms with Gasteiger partial charge >= 0.3 is 0 Å². The molecule has 0 aliphatic carbocycles. The smallest absolute Gasteiger partial charge is 0.243 e. The molecule has 30 heavy (non-hydrogen) atoms. The molecule has 1 heterocycles. The van der Waals surface area contributed by atoms with Crippen LogP contribution in [0.3, 0.4) is 0 Å². The summed E-state index contributed by atoms with van der Waals surface area (Å²) in [6.07, 6.45) is 0.0532. The molecule has 0 bridgehead atoms. The van der Waals surface area contributed by atoms with Crippen LogP contribution in [0, 0.1) is 11.7 Å². The minimum atomic E-state index is -3.57. The standard InChI is InChI=1S/C21H24FN3O4S/c1-3-24(4-2)30(28,29)19-11-7-17(8-12-19)23-21(27)15-13-20(26)25(14-15)18-9-5-16(22)6-10-18/h5-12,15H,3-4,13-14H2,1-2H3,(H,23,27)/t15-/m0/s1. The number of amides is 2. The molecule has 2 aromatic rings. The number of sulfonamides is 1. The Bertz CT molecular complexity index is 1020. The third kappa shape index (κ3) is 4.52. The van der Waals surface area contributed by atoms with Gasteiger partial charge in [-0.25, -0.2) is 12.8 Å². The zero-order valence-corrected chi connectivity index (χ0v) is 17.7. The SMILES string of the molecule is CCN(CC)S(=O)(=O)c1ccc(NC(=O)[C@H]2CC(=O)N(c3ccc(F)cc3)C2)cc1. The van der Waals surface area contributed by atoms with Crippen molar-refractivity contribution in [1.82, 2.24) is 4.31 Å². The van der Waals surface area contributed by atoms with E-state index in [9.17, 15) is 22.4 Å². The Balaban J connectivity index is 1.66. The first-order chi connectivity index (χ1) is 14.3. The fraction of sp³-hybridized carbons (Fsp3) is 0.333. The number of nitrogens with one attached hydrogen (secondary N) is 1. The highest BCUT2D eigenvalue weighted by atomic mass is 32.2. The maximum Gasteiger partial charge on any atom is 0.243 e. The highest BCUT2D eigenvalue weighted by Crippen LogP contribution is 2.26. The number of rotatable bonds is 7. The third-order valence-corrected chi connectivity index (χ3v) is 7.16. The Kier molecular flexibility index (Phi) is 6.52. The summed E-state index contributed by atoms with van der Waals surface area (Å²) in [4.78, 5) is 26.5. The van der Waals surface area contributed by atoms with Gasteiger partial charge < -0.3 is 10.2 Å². The monoisotopic (exact) mass is 433 g/mol. The molecule has 1 aliphatic heterocycles. The van der Waals surface area contributed by atoms with E-state index < -0.39 is 21.8 Å². The van der Waals surface area contributed by atoms with E-state index in [1.54, 1.807) is 13.8 Å². The molecule has 0 spiro atoms. The lowest BCUT2D eigenvalue weighted by atomic mass is 10.1. The first kappa shape index (κ1) is 21.9. The molecule has 7 nitrogen and oxygen atoms in total. The van der Waals surface area contributed by atoms with Crippen molar-refractivity contribution in [3.8, 4) is 0 Å². The maximum absolute atomic E-state index is 13.1. The number of carbonyl (C=O) groups excluding carboxylic acids is 2. The molecular weight excluding hydrogens is 409 g/mol. The van der Waals surface area contributed by atoms with Crippen LogP contribution in [-0.2, 0) is 19.6 Å². The van der Waals surface area contributed by atoms with Crippen molar-refractivity contribution in [2.75, 3.05) is 29.9 Å². The number of hydrogen-bond donors (Lipinski definition) is 1. The molecule has 0 radical (unpaired) electrons. The van der Waals surface area contributed by atoms with Crippen LogP contribution in [0.4, 0.5) is 15.8 Å². The summed E-state index contributed by atoms with van der Waals surface area (Å²) in [6, 6.07) is 11.5. The van der Waals surface area contributed by atoms with Crippen LogP contribution in [0.5, 0.6) is 0 Å². The van der Waals surface area contributed by atoms with E-state index in [0.717, 1.165) is 0 Å². The number of carbonyl (C=O) groups is 2. The molecule has 1 fully saturated rings. The van der Waals surface area contributed by atoms with E-state index in [-0.39, 0.29) is 29.7 Å². The molecule has 2 amide bonds. The molecule has 0 saturated carbocycles. The average molecular weight is 434 g/mol. The average Bonchev–Trinajstić information content (AvgIpc) is 3.11. The van der Waals surface area contributed by atoms with Gasteiger partial charge in [0.1, 0.15) is 5.82 Å². The van der Waals surface area contributed by atoms with Crippen molar-refractivity contribution < 1.29 is 22.4 Å². The molecular formula is C21H24FN3O4S. The summed E-state index contributed by atoms with van der Waals surface area (Å²) >= 11 is 0. The Hall–Kier alpha value is -2.78. The van der Waals surface area contributed by atoms with Crippen LogP contribution >= 0.6 is 0 Å². The lowest BCUT2D eigenvalue weighted by Gasteiger charge is -2.19. The fourth-order valence-electron chi connectivity index (χ4n) is 3.42. The first-order valence-electron chi connectivity index (χ1n) is 9.73. The van der Waals surface area contributed by atoms with Crippen LogP contribution in [0.25, 0.3) is 0 Å². The van der Waals surface area contributed by atoms with Gasteiger partial charge in [-0.05, 0) is 48.5 Å². The first-order valence-corrected chi connectivity index (χ1v) is 11.2. The predicted octanol–water partition coefficient (Wildman–Crippen LogP) is 2.85. The third-order valence-electron chi connectivity index (χ3n) is 5.10. The van der Waals surface area contributed by atoms with Crippen molar-refractivity contribution in [2.45, 2.75) is 25.2 Å². The second-order valence-electron chi connectivity index (χ2n) is 6.98. The second-order valence-corrected chi connectivity index (χ2v) is 8.92. The maximum atomic E-state index is 13.1. The molecule has 0 aromatic heterocycles. The van der Waals surface area contributed by atoms with Crippen molar-refractivity contribution in [2.24, 2.45) is 5.92 Å². The lowest BCUT2D eigenvalue weighted by molar-refractivity contribution is -0.122. The van der Waals surface area contributed by atoms with Gasteiger partial charge in [-0.1, -0.05) is 13.8 Å². The Morgan fingerprint density at radius 3 is 2.27 bits per heavy atom. The molecule has 9 heteroatoms. The summed E-state index contributed by atoms with van der Waals surface area (Å²) < 4.78 is 39.5. The quantitative estimate of drug-likeness (QED) is 0.728. The summed E-state index contributed by atoms with van der Waals surface area (Å²) in [5.41, 5.74) is 0.994. The number of nitrogens with zero attached hydrogens (tertiary/aromatic N) is 2. The molecule has 1 atom stereocenters. The Morgan fingerprint density at radius 1 is 1.10 bits per heavy atom. The minimum Gasteiger partial charge on any atom is -0.326 e. The van der Waals surface area contributed by atoms with Gasteiger partial charge in [0, 0.05) is 37.4 Å². The Morgan fingerprint density at radius 2 is 1.70 bits per heavy atom. The molecule has 1 saturated heterocycles. The largest absolute Gasteiger partial charge is 0.326 e. The van der Waals surface area contributed by atoms with Gasteiger partial charge in [0.05, 0.1) is 10.8 Å². The zero-order chi connectivity index (χ0) is 21.9. The molecule has 1 aliphatic rings. The summed E-state index contributed by atoms with van der Waals surface area (Å²) in [6.45, 7) is 4.49. The van der Waals surface area contributed by atoms with Crippen LogP contribution < -0.4 is 10.2 Å². The van der Waals surface area contributed by atoms with E-state index in [1.807, 2.05) is 0 Å². The van der Waals surface area contributed by atoms with Crippen molar-refractivity contribution in [3.63, 3.8) is 0 Å². The van der Waals surface area contributed by atoms with Crippen molar-refractivity contribution >= 4 is 33.2 Å². The zero-order valence-electron chi connectivity index (χ0n) is 16.8. The van der Waals surface area contributed by atoms with Crippen LogP contribution in [0.1, 0.15) is 20.3 Å². The van der Waals surface area contributed by atoms with Crippen molar-refractivity contribution in [1.29, 1.82) is 0 Å². The van der Waals surface area contributed by atoms with E-state index >= 15 is 0 Å². The topological polar surface area (TPSA) is 86.8 Å². The van der Waals surface area contributed by atoms with Crippen molar-refractivity contribution in [3.05, 3.63) is 54.3 Å². The van der Waals surface area contributed by atoms with Gasteiger partial charge in [-0.15, -0.1) is 0 Å². The van der Waals surface area contributed by atoms with E-state index in [2.05, 4.69) is 5.32 Å². The van der Waals surface area contributed by atoms with Crippen LogP contribution in [0.15, 0.2) is 53.4 Å². The highest BCUT2D eigenvalue weighted by Gasteiger charge is 2.35. The summed E-state index contributed by atoms with van der Waals surface area (Å²) in [5, 5.41) is 2.74. The lowest BCUT2D eigenvalue weighted by Crippen LogP contribution is -2.30. The molecule has 160 valence electrons. The van der Waals surface area contributed by atoms with E-state index in [4.69, 9.17) is 0 Å². The highest BCUT2D eigenvalue weighted by molar-refractivity contribution is 7.89. The summed E-state index contributed by atoms with van der Waals surface area (Å²) in [7, 11) is -3.57. The molecule has 0 unspecified atom stereocenters. The van der Waals surface area contributed by atoms with Crippen LogP contribution in [0.2, 0.25) is 0 Å². The molecule has 3 rings (SSSR count). The van der Waals surface area contributed by atoms with E-state index in [0.29, 0.717) is 24.5 Å². The normalized spacial score (nSPS) is 16.9. The van der Waals surface area contributed by atoms with Gasteiger partial charge in [-0.3, -0.25) is 9.59 Å². The summed E-state index contributed by atoms with van der Waals surface area (Å²) in [5.74, 6) is -1.48. The van der Waals surface area contributed by atoms with Gasteiger partial charge in [0.25, 0.3) is 0 Å². The fourth-order valence-corrected chi connectivity index (χ4v) is 4.88.